The number of hydrogen-bond acceptors (Lipinski definition) is 7. The van der Waals surface area contributed by atoms with Gasteiger partial charge in [0.05, 0.1) is 19.1 Å². The fourth-order valence-corrected chi connectivity index (χ4v) is 2.68. The second-order valence-electron chi connectivity index (χ2n) is 6.61. The number of alkyl carbamates (subject to hydrolysis) is 1. The van der Waals surface area contributed by atoms with Crippen molar-refractivity contribution in [1.82, 2.24) is 20.6 Å². The van der Waals surface area contributed by atoms with Crippen LogP contribution >= 0.6 is 0 Å². The van der Waals surface area contributed by atoms with E-state index in [2.05, 4.69) is 20.6 Å². The van der Waals surface area contributed by atoms with Crippen molar-refractivity contribution in [2.45, 2.75) is 38.0 Å². The van der Waals surface area contributed by atoms with Crippen LogP contribution in [0.2, 0.25) is 0 Å². The highest BCUT2D eigenvalue weighted by Crippen LogP contribution is 2.05. The molecular weight excluding hydrogens is 406 g/mol. The fraction of sp³-hybridized carbons (Fsp3) is 0.350. The third kappa shape index (κ3) is 8.17. The maximum absolute atomic E-state index is 12.8. The Morgan fingerprint density at radius 3 is 2.48 bits per heavy atom. The van der Waals surface area contributed by atoms with Crippen molar-refractivity contribution in [3.05, 3.63) is 54.1 Å². The topological polar surface area (TPSA) is 166 Å². The average Bonchev–Trinajstić information content (AvgIpc) is 3.27. The molecule has 5 N–H and O–H groups in total. The molecule has 0 aliphatic carbocycles. The summed E-state index contributed by atoms with van der Waals surface area (Å²) < 4.78 is 9.85. The minimum absolute atomic E-state index is 0.000770. The molecule has 0 fully saturated rings. The molecular formula is C20H25N5O6. The van der Waals surface area contributed by atoms with Gasteiger partial charge in [0.25, 0.3) is 0 Å². The lowest BCUT2D eigenvalue weighted by molar-refractivity contribution is -0.145. The maximum atomic E-state index is 12.8. The summed E-state index contributed by atoms with van der Waals surface area (Å²) in [5.41, 5.74) is 6.46. The van der Waals surface area contributed by atoms with Crippen LogP contribution in [0.3, 0.4) is 0 Å². The van der Waals surface area contributed by atoms with Crippen molar-refractivity contribution in [3.63, 3.8) is 0 Å². The van der Waals surface area contributed by atoms with Crippen LogP contribution in [0.15, 0.2) is 42.9 Å². The monoisotopic (exact) mass is 431 g/mol. The predicted octanol–water partition coefficient (Wildman–Crippen LogP) is 0.171. The van der Waals surface area contributed by atoms with E-state index in [1.165, 1.54) is 13.4 Å². The van der Waals surface area contributed by atoms with E-state index in [4.69, 9.17) is 15.2 Å². The Hall–Kier alpha value is -3.89. The number of rotatable bonds is 11. The quantitative estimate of drug-likeness (QED) is 0.368. The number of carbonyl (C=O) groups is 4. The number of esters is 1. The molecule has 0 spiro atoms. The molecule has 2 aromatic rings. The molecule has 0 aliphatic rings. The first kappa shape index (κ1) is 23.4. The van der Waals surface area contributed by atoms with E-state index in [0.29, 0.717) is 5.69 Å². The zero-order valence-electron chi connectivity index (χ0n) is 17.0. The molecule has 31 heavy (non-hydrogen) atoms. The van der Waals surface area contributed by atoms with E-state index in [1.807, 2.05) is 6.07 Å². The molecule has 3 amide bonds. The van der Waals surface area contributed by atoms with Crippen LogP contribution in [0, 0.1) is 0 Å². The van der Waals surface area contributed by atoms with Crippen molar-refractivity contribution >= 4 is 23.9 Å². The number of hydrogen-bond donors (Lipinski definition) is 4. The smallest absolute Gasteiger partial charge is 0.408 e. The number of carbonyl (C=O) groups excluding carboxylic acids is 4. The zero-order chi connectivity index (χ0) is 22.6. The summed E-state index contributed by atoms with van der Waals surface area (Å²) in [6, 6.07) is 6.79. The third-order valence-corrected chi connectivity index (χ3v) is 4.27. The van der Waals surface area contributed by atoms with Gasteiger partial charge in [0.1, 0.15) is 18.7 Å². The summed E-state index contributed by atoms with van der Waals surface area (Å²) in [5, 5.41) is 4.93. The van der Waals surface area contributed by atoms with Gasteiger partial charge in [0, 0.05) is 19.0 Å². The van der Waals surface area contributed by atoms with Gasteiger partial charge in [-0.2, -0.15) is 0 Å². The van der Waals surface area contributed by atoms with Crippen LogP contribution in [0.5, 0.6) is 0 Å². The van der Waals surface area contributed by atoms with Crippen LogP contribution in [0.25, 0.3) is 0 Å². The number of nitrogens with one attached hydrogen (secondary N) is 3. The van der Waals surface area contributed by atoms with Gasteiger partial charge < -0.3 is 30.8 Å². The van der Waals surface area contributed by atoms with Crippen molar-refractivity contribution in [3.8, 4) is 0 Å². The Labute approximate surface area is 178 Å². The third-order valence-electron chi connectivity index (χ3n) is 4.27. The van der Waals surface area contributed by atoms with Crippen LogP contribution in [0.1, 0.15) is 24.1 Å². The Morgan fingerprint density at radius 2 is 1.87 bits per heavy atom. The molecule has 2 atom stereocenters. The first-order valence-electron chi connectivity index (χ1n) is 9.50. The van der Waals surface area contributed by atoms with E-state index in [0.717, 1.165) is 5.56 Å². The number of nitrogens with two attached hydrogens (primary N) is 1. The van der Waals surface area contributed by atoms with E-state index in [9.17, 15) is 19.2 Å². The van der Waals surface area contributed by atoms with Crippen LogP contribution < -0.4 is 16.4 Å². The number of imidazole rings is 1. The number of aromatic nitrogens is 2. The second-order valence-corrected chi connectivity index (χ2v) is 6.61. The summed E-state index contributed by atoms with van der Waals surface area (Å²) >= 11 is 0. The van der Waals surface area contributed by atoms with E-state index >= 15 is 0 Å². The molecule has 2 rings (SSSR count). The van der Waals surface area contributed by atoms with Crippen molar-refractivity contribution in [2.75, 3.05) is 7.11 Å². The van der Waals surface area contributed by atoms with Crippen LogP contribution in [-0.2, 0) is 36.9 Å². The highest BCUT2D eigenvalue weighted by atomic mass is 16.5. The summed E-state index contributed by atoms with van der Waals surface area (Å²) in [6.45, 7) is 0.000770. The largest absolute Gasteiger partial charge is 0.467 e. The van der Waals surface area contributed by atoms with Gasteiger partial charge in [-0.3, -0.25) is 9.59 Å². The molecule has 0 aliphatic heterocycles. The number of methoxy groups -OCH3 is 1. The maximum Gasteiger partial charge on any atom is 0.408 e. The summed E-state index contributed by atoms with van der Waals surface area (Å²) in [5.74, 6) is -2.02. The lowest BCUT2D eigenvalue weighted by Crippen LogP contribution is -2.52. The van der Waals surface area contributed by atoms with E-state index in [-0.39, 0.29) is 25.9 Å². The minimum Gasteiger partial charge on any atom is -0.467 e. The molecule has 166 valence electrons. The Kier molecular flexibility index (Phi) is 9.02. The van der Waals surface area contributed by atoms with E-state index in [1.54, 1.807) is 30.5 Å². The summed E-state index contributed by atoms with van der Waals surface area (Å²) in [4.78, 5) is 55.0. The first-order valence-corrected chi connectivity index (χ1v) is 9.50. The summed E-state index contributed by atoms with van der Waals surface area (Å²) in [6.07, 6.45) is 2.01. The van der Waals surface area contributed by atoms with Crippen LogP contribution in [-0.4, -0.2) is 53.0 Å². The number of ether oxygens (including phenoxy) is 2. The van der Waals surface area contributed by atoms with Gasteiger partial charge in [-0.05, 0) is 12.0 Å². The highest BCUT2D eigenvalue weighted by Gasteiger charge is 2.28. The number of aromatic amines is 1. The Morgan fingerprint density at radius 1 is 1.13 bits per heavy atom. The van der Waals surface area contributed by atoms with Gasteiger partial charge in [0.2, 0.25) is 11.8 Å². The molecule has 1 aromatic carbocycles. The minimum atomic E-state index is -1.15. The Bertz CT molecular complexity index is 871. The number of nitrogens with zero attached hydrogens (tertiary/aromatic N) is 1. The molecule has 1 aromatic heterocycles. The fourth-order valence-electron chi connectivity index (χ4n) is 2.68. The number of primary amides is 1. The average molecular weight is 431 g/mol. The highest BCUT2D eigenvalue weighted by molar-refractivity contribution is 5.90. The normalized spacial score (nSPS) is 12.3. The van der Waals surface area contributed by atoms with Crippen molar-refractivity contribution in [1.29, 1.82) is 0 Å². The molecule has 0 saturated heterocycles. The molecule has 0 radical (unpaired) electrons. The predicted molar refractivity (Wildman–Crippen MR) is 108 cm³/mol. The number of benzene rings is 1. The van der Waals surface area contributed by atoms with Gasteiger partial charge in [-0.15, -0.1) is 0 Å². The first-order chi connectivity index (χ1) is 14.9. The number of amides is 3. The zero-order valence-corrected chi connectivity index (χ0v) is 17.0. The number of H-pyrrole nitrogens is 1. The van der Waals surface area contributed by atoms with Gasteiger partial charge >= 0.3 is 12.1 Å². The van der Waals surface area contributed by atoms with Crippen molar-refractivity contribution in [2.24, 2.45) is 5.73 Å². The molecule has 0 bridgehead atoms. The standard InChI is InChI=1S/C20H25N5O6/c1-30-19(28)16(9-14-10-22-12-23-14)24-18(27)15(7-8-17(21)26)25-20(29)31-11-13-5-3-2-4-6-13/h2-6,10,12,15-16H,7-9,11H2,1H3,(H2,21,26)(H,22,23)(H,24,27)(H,25,29)/t15-,16-/m0/s1. The lowest BCUT2D eigenvalue weighted by atomic mass is 10.1. The molecule has 1 heterocycles. The van der Waals surface area contributed by atoms with Gasteiger partial charge in [-0.25, -0.2) is 14.6 Å². The SMILES string of the molecule is COC(=O)[C@H](Cc1c[nH]cn1)NC(=O)[C@H](CCC(N)=O)NC(=O)OCc1ccccc1. The van der Waals surface area contributed by atoms with Gasteiger partial charge in [-0.1, -0.05) is 30.3 Å². The Balaban J connectivity index is 2.01. The summed E-state index contributed by atoms with van der Waals surface area (Å²) in [7, 11) is 1.19. The molecule has 11 heteroatoms. The van der Waals surface area contributed by atoms with E-state index < -0.39 is 36.0 Å². The van der Waals surface area contributed by atoms with Gasteiger partial charge in [0.15, 0.2) is 0 Å². The van der Waals surface area contributed by atoms with Crippen molar-refractivity contribution < 1.29 is 28.7 Å². The molecule has 0 unspecified atom stereocenters. The molecule has 0 saturated carbocycles. The van der Waals surface area contributed by atoms with Crippen LogP contribution in [0.4, 0.5) is 4.79 Å². The second kappa shape index (κ2) is 12.0. The molecule has 11 nitrogen and oxygen atoms in total. The lowest BCUT2D eigenvalue weighted by Gasteiger charge is -2.21.